The molecule has 0 aromatic heterocycles. The van der Waals surface area contributed by atoms with Gasteiger partial charge in [-0.3, -0.25) is 0 Å². The van der Waals surface area contributed by atoms with E-state index in [0.29, 0.717) is 12.3 Å². The van der Waals surface area contributed by atoms with Crippen LogP contribution in [0.2, 0.25) is 5.02 Å². The Kier molecular flexibility index (Phi) is 4.09. The lowest BCUT2D eigenvalue weighted by atomic mass is 9.79. The van der Waals surface area contributed by atoms with Crippen molar-refractivity contribution in [2.24, 2.45) is 5.92 Å². The van der Waals surface area contributed by atoms with Crippen molar-refractivity contribution in [1.82, 2.24) is 0 Å². The Morgan fingerprint density at radius 3 is 2.70 bits per heavy atom. The quantitative estimate of drug-likeness (QED) is 0.902. The lowest BCUT2D eigenvalue weighted by molar-refractivity contribution is 0.0993. The van der Waals surface area contributed by atoms with Crippen LogP contribution in [-0.4, -0.2) is 11.2 Å². The predicted molar refractivity (Wildman–Crippen MR) is 83.1 cm³/mol. The molecule has 0 bridgehead atoms. The SMILES string of the molecule is OC(Cc1cccc(Cl)c1)C1CCc2ccccc2C1. The lowest BCUT2D eigenvalue weighted by Crippen LogP contribution is -2.28. The number of benzene rings is 2. The average molecular weight is 287 g/mol. The van der Waals surface area contributed by atoms with E-state index in [1.54, 1.807) is 0 Å². The first kappa shape index (κ1) is 13.7. The van der Waals surface area contributed by atoms with E-state index in [1.165, 1.54) is 11.1 Å². The molecule has 104 valence electrons. The molecule has 0 saturated heterocycles. The maximum Gasteiger partial charge on any atom is 0.0612 e. The van der Waals surface area contributed by atoms with Crippen LogP contribution in [0.4, 0.5) is 0 Å². The summed E-state index contributed by atoms with van der Waals surface area (Å²) in [5.41, 5.74) is 3.96. The van der Waals surface area contributed by atoms with E-state index in [1.807, 2.05) is 24.3 Å². The second-order valence-electron chi connectivity index (χ2n) is 5.67. The Bertz CT molecular complexity index is 593. The second-order valence-corrected chi connectivity index (χ2v) is 6.11. The molecule has 2 aromatic carbocycles. The van der Waals surface area contributed by atoms with E-state index in [9.17, 15) is 5.11 Å². The number of hydrogen-bond donors (Lipinski definition) is 1. The molecule has 3 rings (SSSR count). The molecule has 2 heteroatoms. The van der Waals surface area contributed by atoms with Crippen LogP contribution in [0.5, 0.6) is 0 Å². The van der Waals surface area contributed by atoms with E-state index in [-0.39, 0.29) is 6.10 Å². The summed E-state index contributed by atoms with van der Waals surface area (Å²) in [5.74, 6) is 0.351. The molecule has 0 heterocycles. The normalized spacial score (nSPS) is 19.4. The summed E-state index contributed by atoms with van der Waals surface area (Å²) >= 11 is 6.00. The van der Waals surface area contributed by atoms with Crippen LogP contribution in [0.1, 0.15) is 23.1 Å². The van der Waals surface area contributed by atoms with Crippen LogP contribution in [-0.2, 0) is 19.3 Å². The summed E-state index contributed by atoms with van der Waals surface area (Å²) in [6.07, 6.45) is 3.53. The highest BCUT2D eigenvalue weighted by Crippen LogP contribution is 2.29. The van der Waals surface area contributed by atoms with Gasteiger partial charge < -0.3 is 5.11 Å². The van der Waals surface area contributed by atoms with Crippen molar-refractivity contribution in [3.8, 4) is 0 Å². The van der Waals surface area contributed by atoms with Crippen molar-refractivity contribution in [3.63, 3.8) is 0 Å². The zero-order valence-electron chi connectivity index (χ0n) is 11.4. The Morgan fingerprint density at radius 1 is 1.10 bits per heavy atom. The first-order chi connectivity index (χ1) is 9.72. The van der Waals surface area contributed by atoms with Gasteiger partial charge in [-0.05, 0) is 60.4 Å². The summed E-state index contributed by atoms with van der Waals surface area (Å²) in [4.78, 5) is 0. The number of aliphatic hydroxyl groups is 1. The highest BCUT2D eigenvalue weighted by Gasteiger charge is 2.24. The topological polar surface area (TPSA) is 20.2 Å². The van der Waals surface area contributed by atoms with E-state index >= 15 is 0 Å². The highest BCUT2D eigenvalue weighted by molar-refractivity contribution is 6.30. The second kappa shape index (κ2) is 5.99. The van der Waals surface area contributed by atoms with E-state index in [0.717, 1.165) is 29.8 Å². The highest BCUT2D eigenvalue weighted by atomic mass is 35.5. The predicted octanol–water partition coefficient (Wildman–Crippen LogP) is 4.05. The monoisotopic (exact) mass is 286 g/mol. The maximum absolute atomic E-state index is 10.5. The molecule has 0 amide bonds. The van der Waals surface area contributed by atoms with Gasteiger partial charge in [0.25, 0.3) is 0 Å². The Morgan fingerprint density at radius 2 is 1.90 bits per heavy atom. The number of aliphatic hydroxyl groups excluding tert-OH is 1. The van der Waals surface area contributed by atoms with E-state index in [4.69, 9.17) is 11.6 Å². The summed E-state index contributed by atoms with van der Waals surface area (Å²) in [5, 5.41) is 11.2. The molecule has 1 N–H and O–H groups in total. The largest absolute Gasteiger partial charge is 0.392 e. The smallest absolute Gasteiger partial charge is 0.0612 e. The van der Waals surface area contributed by atoms with Crippen molar-refractivity contribution in [3.05, 3.63) is 70.2 Å². The zero-order valence-corrected chi connectivity index (χ0v) is 12.2. The third kappa shape index (κ3) is 3.05. The Labute approximate surface area is 125 Å². The van der Waals surface area contributed by atoms with Crippen LogP contribution >= 0.6 is 11.6 Å². The minimum Gasteiger partial charge on any atom is -0.392 e. The van der Waals surface area contributed by atoms with Gasteiger partial charge in [0.2, 0.25) is 0 Å². The van der Waals surface area contributed by atoms with Crippen molar-refractivity contribution in [2.45, 2.75) is 31.8 Å². The minimum absolute atomic E-state index is 0.290. The van der Waals surface area contributed by atoms with Gasteiger partial charge in [-0.1, -0.05) is 48.0 Å². The molecule has 0 fully saturated rings. The van der Waals surface area contributed by atoms with Crippen LogP contribution in [0.3, 0.4) is 0 Å². The molecule has 1 nitrogen and oxygen atoms in total. The van der Waals surface area contributed by atoms with Gasteiger partial charge in [-0.15, -0.1) is 0 Å². The van der Waals surface area contributed by atoms with Gasteiger partial charge in [0.15, 0.2) is 0 Å². The van der Waals surface area contributed by atoms with E-state index in [2.05, 4.69) is 24.3 Å². The van der Waals surface area contributed by atoms with Crippen molar-refractivity contribution < 1.29 is 5.11 Å². The van der Waals surface area contributed by atoms with Crippen molar-refractivity contribution >= 4 is 11.6 Å². The Balaban J connectivity index is 1.68. The molecule has 0 saturated carbocycles. The molecular formula is C18H19ClO. The van der Waals surface area contributed by atoms with Gasteiger partial charge in [0.1, 0.15) is 0 Å². The molecule has 20 heavy (non-hydrogen) atoms. The fourth-order valence-electron chi connectivity index (χ4n) is 3.13. The average Bonchev–Trinajstić information content (AvgIpc) is 2.47. The molecule has 1 aliphatic rings. The number of fused-ring (bicyclic) bond motifs is 1. The summed E-state index contributed by atoms with van der Waals surface area (Å²) in [6, 6.07) is 16.4. The maximum atomic E-state index is 10.5. The molecule has 2 aromatic rings. The third-order valence-corrected chi connectivity index (χ3v) is 4.50. The van der Waals surface area contributed by atoms with Gasteiger partial charge >= 0.3 is 0 Å². The van der Waals surface area contributed by atoms with Crippen LogP contribution in [0.15, 0.2) is 48.5 Å². The fourth-order valence-corrected chi connectivity index (χ4v) is 3.34. The van der Waals surface area contributed by atoms with Gasteiger partial charge in [-0.2, -0.15) is 0 Å². The zero-order chi connectivity index (χ0) is 13.9. The summed E-state index contributed by atoms with van der Waals surface area (Å²) < 4.78 is 0. The summed E-state index contributed by atoms with van der Waals surface area (Å²) in [6.45, 7) is 0. The number of halogens is 1. The number of aryl methyl sites for hydroxylation is 1. The minimum atomic E-state index is -0.290. The summed E-state index contributed by atoms with van der Waals surface area (Å²) in [7, 11) is 0. The van der Waals surface area contributed by atoms with Crippen LogP contribution < -0.4 is 0 Å². The molecule has 0 aliphatic heterocycles. The van der Waals surface area contributed by atoms with Crippen LogP contribution in [0, 0.1) is 5.92 Å². The Hall–Kier alpha value is -1.31. The molecule has 0 radical (unpaired) electrons. The van der Waals surface area contributed by atoms with E-state index < -0.39 is 0 Å². The molecule has 2 unspecified atom stereocenters. The lowest BCUT2D eigenvalue weighted by Gasteiger charge is -2.28. The fraction of sp³-hybridized carbons (Fsp3) is 0.333. The van der Waals surface area contributed by atoms with Gasteiger partial charge in [0.05, 0.1) is 6.10 Å². The molecule has 1 aliphatic carbocycles. The molecular weight excluding hydrogens is 268 g/mol. The van der Waals surface area contributed by atoms with Crippen LogP contribution in [0.25, 0.3) is 0 Å². The first-order valence-electron chi connectivity index (χ1n) is 7.21. The van der Waals surface area contributed by atoms with Gasteiger partial charge in [-0.25, -0.2) is 0 Å². The molecule has 2 atom stereocenters. The number of rotatable bonds is 3. The first-order valence-corrected chi connectivity index (χ1v) is 7.59. The number of hydrogen-bond acceptors (Lipinski definition) is 1. The van der Waals surface area contributed by atoms with Crippen molar-refractivity contribution in [1.29, 1.82) is 0 Å². The standard InChI is InChI=1S/C18H19ClO/c19-17-7-3-4-13(10-17)11-18(20)16-9-8-14-5-1-2-6-15(14)12-16/h1-7,10,16,18,20H,8-9,11-12H2. The molecule has 0 spiro atoms. The third-order valence-electron chi connectivity index (χ3n) is 4.26. The van der Waals surface area contributed by atoms with Crippen molar-refractivity contribution in [2.75, 3.05) is 0 Å². The van der Waals surface area contributed by atoms with Gasteiger partial charge in [0, 0.05) is 5.02 Å².